The zero-order chi connectivity index (χ0) is 9.22. The Kier molecular flexibility index (Phi) is 1.47. The predicted octanol–water partition coefficient (Wildman–Crippen LogP) is 2.41. The Balaban J connectivity index is 1.91. The fourth-order valence-corrected chi connectivity index (χ4v) is 4.85. The Morgan fingerprint density at radius 2 is 2.00 bits per heavy atom. The van der Waals surface area contributed by atoms with Crippen molar-refractivity contribution in [3.8, 4) is 0 Å². The average molecular weight is 179 g/mol. The normalized spacial score (nSPS) is 63.5. The summed E-state index contributed by atoms with van der Waals surface area (Å²) >= 11 is 0. The number of fused-ring (bicyclic) bond motifs is 5. The van der Waals surface area contributed by atoms with Crippen LogP contribution >= 0.6 is 0 Å². The molecule has 3 aliphatic carbocycles. The lowest BCUT2D eigenvalue weighted by Gasteiger charge is -2.60. The Bertz CT molecular complexity index is 237. The van der Waals surface area contributed by atoms with Crippen molar-refractivity contribution < 1.29 is 0 Å². The maximum absolute atomic E-state index is 6.34. The molecule has 0 aromatic carbocycles. The topological polar surface area (TPSA) is 26.0 Å². The zero-order valence-corrected chi connectivity index (χ0v) is 8.79. The van der Waals surface area contributed by atoms with Crippen molar-refractivity contribution >= 4 is 0 Å². The lowest BCUT2D eigenvalue weighted by atomic mass is 9.46. The molecule has 2 N–H and O–H groups in total. The molecule has 3 aliphatic rings. The van der Waals surface area contributed by atoms with Crippen LogP contribution < -0.4 is 5.73 Å². The van der Waals surface area contributed by atoms with Crippen LogP contribution in [-0.4, -0.2) is 6.04 Å². The van der Waals surface area contributed by atoms with Crippen molar-refractivity contribution in [3.63, 3.8) is 0 Å². The van der Waals surface area contributed by atoms with Gasteiger partial charge in [-0.15, -0.1) is 0 Å². The number of rotatable bonds is 1. The summed E-state index contributed by atoms with van der Waals surface area (Å²) in [6, 6.07) is 0.526. The molecule has 0 aromatic heterocycles. The molecule has 0 aliphatic heterocycles. The second-order valence-corrected chi connectivity index (χ2v) is 5.82. The Labute approximate surface area is 81.1 Å². The van der Waals surface area contributed by atoms with E-state index in [4.69, 9.17) is 5.73 Å². The highest BCUT2D eigenvalue weighted by atomic mass is 14.8. The monoisotopic (exact) mass is 179 g/mol. The number of hydrogen-bond donors (Lipinski definition) is 1. The first-order valence-corrected chi connectivity index (χ1v) is 5.94. The van der Waals surface area contributed by atoms with Crippen LogP contribution in [0.3, 0.4) is 0 Å². The summed E-state index contributed by atoms with van der Waals surface area (Å²) in [7, 11) is 0. The third-order valence-electron chi connectivity index (χ3n) is 5.68. The van der Waals surface area contributed by atoms with E-state index < -0.39 is 0 Å². The van der Waals surface area contributed by atoms with Gasteiger partial charge in [0, 0.05) is 6.04 Å². The Morgan fingerprint density at radius 1 is 1.31 bits per heavy atom. The van der Waals surface area contributed by atoms with Gasteiger partial charge in [0.1, 0.15) is 0 Å². The lowest BCUT2D eigenvalue weighted by Crippen LogP contribution is -2.65. The van der Waals surface area contributed by atoms with Gasteiger partial charge in [-0.25, -0.2) is 0 Å². The van der Waals surface area contributed by atoms with E-state index in [-0.39, 0.29) is 0 Å². The van der Waals surface area contributed by atoms with Crippen molar-refractivity contribution in [2.24, 2.45) is 34.8 Å². The van der Waals surface area contributed by atoms with E-state index in [9.17, 15) is 0 Å². The summed E-state index contributed by atoms with van der Waals surface area (Å²) in [5.41, 5.74) is 6.84. The largest absolute Gasteiger partial charge is 0.327 e. The van der Waals surface area contributed by atoms with E-state index in [0.717, 1.165) is 23.7 Å². The predicted molar refractivity (Wildman–Crippen MR) is 54.2 cm³/mol. The van der Waals surface area contributed by atoms with Gasteiger partial charge in [-0.1, -0.05) is 13.8 Å². The highest BCUT2D eigenvalue weighted by molar-refractivity contribution is 5.17. The SMILES string of the molecule is CCC1(C)C(N)C2C3CCC(C3)C21. The molecule has 13 heavy (non-hydrogen) atoms. The van der Waals surface area contributed by atoms with E-state index in [1.54, 1.807) is 0 Å². The third-order valence-corrected chi connectivity index (χ3v) is 5.68. The summed E-state index contributed by atoms with van der Waals surface area (Å²) in [6.45, 7) is 4.75. The molecule has 0 aromatic rings. The van der Waals surface area contributed by atoms with Gasteiger partial charge in [0.25, 0.3) is 0 Å². The van der Waals surface area contributed by atoms with Crippen molar-refractivity contribution in [1.29, 1.82) is 0 Å². The third kappa shape index (κ3) is 0.743. The highest BCUT2D eigenvalue weighted by Gasteiger charge is 2.66. The molecule has 3 fully saturated rings. The van der Waals surface area contributed by atoms with Crippen LogP contribution in [0.1, 0.15) is 39.5 Å². The fraction of sp³-hybridized carbons (Fsp3) is 1.00. The molecule has 0 saturated heterocycles. The molecule has 0 radical (unpaired) electrons. The summed E-state index contributed by atoms with van der Waals surface area (Å²) in [5.74, 6) is 4.00. The molecular formula is C12H21N. The van der Waals surface area contributed by atoms with E-state index in [0.29, 0.717) is 11.5 Å². The molecule has 0 spiro atoms. The Morgan fingerprint density at radius 3 is 2.69 bits per heavy atom. The average Bonchev–Trinajstić information content (AvgIpc) is 2.73. The molecule has 6 atom stereocenters. The minimum Gasteiger partial charge on any atom is -0.327 e. The van der Waals surface area contributed by atoms with E-state index in [1.807, 2.05) is 0 Å². The molecule has 3 rings (SSSR count). The van der Waals surface area contributed by atoms with Gasteiger partial charge in [-0.3, -0.25) is 0 Å². The second-order valence-electron chi connectivity index (χ2n) is 5.82. The summed E-state index contributed by atoms with van der Waals surface area (Å²) < 4.78 is 0. The van der Waals surface area contributed by atoms with Crippen LogP contribution in [0.5, 0.6) is 0 Å². The second kappa shape index (κ2) is 2.31. The first-order chi connectivity index (χ1) is 6.18. The van der Waals surface area contributed by atoms with Gasteiger partial charge in [0.2, 0.25) is 0 Å². The van der Waals surface area contributed by atoms with Crippen molar-refractivity contribution in [2.75, 3.05) is 0 Å². The zero-order valence-electron chi connectivity index (χ0n) is 8.79. The molecule has 6 unspecified atom stereocenters. The molecule has 0 amide bonds. The standard InChI is InChI=1S/C12H21N/c1-3-12(2)10-8-5-4-7(6-8)9(10)11(12)13/h7-11H,3-6,13H2,1-2H3. The van der Waals surface area contributed by atoms with Gasteiger partial charge in [0.05, 0.1) is 0 Å². The van der Waals surface area contributed by atoms with Crippen LogP contribution in [0.15, 0.2) is 0 Å². The maximum atomic E-state index is 6.34. The minimum atomic E-state index is 0.504. The van der Waals surface area contributed by atoms with Crippen molar-refractivity contribution in [2.45, 2.75) is 45.6 Å². The van der Waals surface area contributed by atoms with Gasteiger partial charge in [-0.2, -0.15) is 0 Å². The van der Waals surface area contributed by atoms with Gasteiger partial charge >= 0.3 is 0 Å². The number of hydrogen-bond acceptors (Lipinski definition) is 1. The summed E-state index contributed by atoms with van der Waals surface area (Å²) in [5, 5.41) is 0. The fourth-order valence-electron chi connectivity index (χ4n) is 4.85. The van der Waals surface area contributed by atoms with Crippen LogP contribution in [0.2, 0.25) is 0 Å². The van der Waals surface area contributed by atoms with Crippen LogP contribution in [0.25, 0.3) is 0 Å². The smallest absolute Gasteiger partial charge is 0.0130 e. The molecule has 0 heterocycles. The van der Waals surface area contributed by atoms with Crippen LogP contribution in [0.4, 0.5) is 0 Å². The first-order valence-electron chi connectivity index (χ1n) is 5.94. The summed E-state index contributed by atoms with van der Waals surface area (Å²) in [6.07, 6.45) is 5.80. The van der Waals surface area contributed by atoms with Crippen molar-refractivity contribution in [3.05, 3.63) is 0 Å². The van der Waals surface area contributed by atoms with E-state index in [1.165, 1.54) is 25.7 Å². The van der Waals surface area contributed by atoms with Gasteiger partial charge < -0.3 is 5.73 Å². The molecule has 74 valence electrons. The first kappa shape index (κ1) is 8.28. The Hall–Kier alpha value is -0.0400. The quantitative estimate of drug-likeness (QED) is 0.657. The molecule has 3 saturated carbocycles. The maximum Gasteiger partial charge on any atom is 0.0130 e. The molecule has 1 heteroatoms. The van der Waals surface area contributed by atoms with Crippen LogP contribution in [-0.2, 0) is 0 Å². The van der Waals surface area contributed by atoms with Crippen LogP contribution in [0, 0.1) is 29.1 Å². The van der Waals surface area contributed by atoms with Gasteiger partial charge in [-0.05, 0) is 54.8 Å². The molecule has 2 bridgehead atoms. The molecular weight excluding hydrogens is 158 g/mol. The summed E-state index contributed by atoms with van der Waals surface area (Å²) in [4.78, 5) is 0. The van der Waals surface area contributed by atoms with Crippen molar-refractivity contribution in [1.82, 2.24) is 0 Å². The van der Waals surface area contributed by atoms with E-state index in [2.05, 4.69) is 13.8 Å². The minimum absolute atomic E-state index is 0.504. The number of nitrogens with two attached hydrogens (primary N) is 1. The van der Waals surface area contributed by atoms with E-state index >= 15 is 0 Å². The molecule has 1 nitrogen and oxygen atoms in total. The lowest BCUT2D eigenvalue weighted by molar-refractivity contribution is -0.0927. The van der Waals surface area contributed by atoms with Gasteiger partial charge in [0.15, 0.2) is 0 Å². The highest BCUT2D eigenvalue weighted by Crippen LogP contribution is 2.68.